The Morgan fingerprint density at radius 1 is 0.588 bits per heavy atom. The fraction of sp³-hybridized carbons (Fsp3) is 0. The van der Waals surface area contributed by atoms with Crippen molar-refractivity contribution in [1.82, 2.24) is 0 Å². The molecule has 5 aromatic rings. The second-order valence-corrected chi connectivity index (χ2v) is 10.9. The minimum atomic E-state index is 1.23. The number of hydrogen-bond donors (Lipinski definition) is 0. The van der Waals surface area contributed by atoms with Gasteiger partial charge in [0.05, 0.1) is 0 Å². The summed E-state index contributed by atoms with van der Waals surface area (Å²) in [5, 5.41) is 8.88. The second-order valence-electron chi connectivity index (χ2n) is 8.04. The van der Waals surface area contributed by atoms with Gasteiger partial charge in [-0.1, -0.05) is 72.8 Å². The average Bonchev–Trinajstić information content (AvgIpc) is 3.69. The Balaban J connectivity index is 1.49. The highest BCUT2D eigenvalue weighted by molar-refractivity contribution is 7.87. The maximum atomic E-state index is 2.25. The molecule has 0 saturated heterocycles. The summed E-state index contributed by atoms with van der Waals surface area (Å²) in [4.78, 5) is 3.90. The molecule has 2 aromatic heterocycles. The van der Waals surface area contributed by atoms with Crippen LogP contribution in [-0.2, 0) is 11.4 Å². The fourth-order valence-electron chi connectivity index (χ4n) is 4.23. The van der Waals surface area contributed by atoms with Gasteiger partial charge in [-0.05, 0) is 68.1 Å². The molecule has 0 nitrogen and oxygen atoms in total. The van der Waals surface area contributed by atoms with Crippen LogP contribution in [0.2, 0.25) is 0 Å². The Kier molecular flexibility index (Phi) is 5.90. The Labute approximate surface area is 211 Å². The highest BCUT2D eigenvalue weighted by Gasteiger charge is 2.11. The van der Waals surface area contributed by atoms with Gasteiger partial charge in [-0.15, -0.1) is 22.7 Å². The van der Waals surface area contributed by atoms with E-state index in [0.29, 0.717) is 0 Å². The van der Waals surface area contributed by atoms with E-state index in [9.17, 15) is 0 Å². The van der Waals surface area contributed by atoms with Crippen LogP contribution in [0.5, 0.6) is 0 Å². The molecule has 0 bridgehead atoms. The first-order chi connectivity index (χ1) is 16.8. The van der Waals surface area contributed by atoms with Crippen molar-refractivity contribution in [2.75, 3.05) is 0 Å². The summed E-state index contributed by atoms with van der Waals surface area (Å²) in [5.41, 5.74) is 6.24. The molecule has 0 radical (unpaired) electrons. The third kappa shape index (κ3) is 4.26. The van der Waals surface area contributed by atoms with Gasteiger partial charge in [0.2, 0.25) is 16.3 Å². The predicted octanol–water partition coefficient (Wildman–Crippen LogP) is 6.95. The van der Waals surface area contributed by atoms with Crippen molar-refractivity contribution in [3.05, 3.63) is 142 Å². The van der Waals surface area contributed by atoms with Gasteiger partial charge < -0.3 is 0 Å². The molecule has 0 amide bonds. The zero-order valence-electron chi connectivity index (χ0n) is 18.3. The summed E-state index contributed by atoms with van der Waals surface area (Å²) in [6.07, 6.45) is 4.28. The van der Waals surface area contributed by atoms with Crippen LogP contribution in [0, 0.1) is 0 Å². The Morgan fingerprint density at radius 3 is 1.59 bits per heavy atom. The molecule has 3 aromatic carbocycles. The van der Waals surface area contributed by atoms with E-state index in [4.69, 9.17) is 0 Å². The van der Waals surface area contributed by atoms with Crippen LogP contribution in [0.1, 0.15) is 11.1 Å². The van der Waals surface area contributed by atoms with Crippen LogP contribution in [0.4, 0.5) is 0 Å². The topological polar surface area (TPSA) is 0 Å². The van der Waals surface area contributed by atoms with Crippen LogP contribution in [0.15, 0.2) is 120 Å². The van der Waals surface area contributed by atoms with Crippen LogP contribution in [-0.4, -0.2) is 5.37 Å². The van der Waals surface area contributed by atoms with Crippen molar-refractivity contribution in [1.29, 1.82) is 0 Å². The normalized spacial score (nSPS) is 12.4. The second kappa shape index (κ2) is 9.47. The minimum absolute atomic E-state index is 1.23. The first-order valence-electron chi connectivity index (χ1n) is 11.1. The van der Waals surface area contributed by atoms with Crippen LogP contribution in [0.3, 0.4) is 0 Å². The van der Waals surface area contributed by atoms with Crippen molar-refractivity contribution in [2.24, 2.45) is 0 Å². The quantitative estimate of drug-likeness (QED) is 0.189. The molecule has 0 atom stereocenters. The van der Waals surface area contributed by atoms with E-state index in [2.05, 4.69) is 125 Å². The van der Waals surface area contributed by atoms with Gasteiger partial charge in [-0.2, -0.15) is 0 Å². The summed E-state index contributed by atoms with van der Waals surface area (Å²) in [5.74, 6) is 0. The van der Waals surface area contributed by atoms with E-state index in [0.717, 1.165) is 0 Å². The van der Waals surface area contributed by atoms with Crippen molar-refractivity contribution in [3.8, 4) is 20.9 Å². The van der Waals surface area contributed by atoms with Gasteiger partial charge in [0, 0.05) is 27.1 Å². The van der Waals surface area contributed by atoms with Gasteiger partial charge in [-0.3, -0.25) is 0 Å². The lowest BCUT2D eigenvalue weighted by Gasteiger charge is -2.11. The average molecular weight is 490 g/mol. The molecule has 0 aliphatic carbocycles. The first kappa shape index (κ1) is 21.2. The lowest BCUT2D eigenvalue weighted by Crippen LogP contribution is -2.13. The van der Waals surface area contributed by atoms with Crippen LogP contribution >= 0.6 is 22.7 Å². The van der Waals surface area contributed by atoms with Crippen LogP contribution in [0.25, 0.3) is 31.4 Å². The monoisotopic (exact) mass is 489 g/mol. The summed E-state index contributed by atoms with van der Waals surface area (Å²) < 4.78 is 0. The van der Waals surface area contributed by atoms with E-state index in [-0.39, 0.29) is 0 Å². The van der Waals surface area contributed by atoms with Gasteiger partial charge in [0.15, 0.2) is 5.37 Å². The molecule has 1 aliphatic heterocycles. The Bertz CT molecular complexity index is 1480. The van der Waals surface area contributed by atoms with Crippen molar-refractivity contribution >= 4 is 49.9 Å². The van der Waals surface area contributed by atoms with Crippen molar-refractivity contribution in [2.45, 2.75) is 0 Å². The first-order valence-corrected chi connectivity index (χ1v) is 13.8. The molecule has 0 spiro atoms. The maximum absolute atomic E-state index is 2.25. The summed E-state index contributed by atoms with van der Waals surface area (Å²) >= 11 is 5.34. The van der Waals surface area contributed by atoms with Crippen molar-refractivity contribution < 1.29 is 0 Å². The highest BCUT2D eigenvalue weighted by Crippen LogP contribution is 2.30. The zero-order chi connectivity index (χ0) is 22.7. The maximum Gasteiger partial charge on any atom is 0.238 e. The van der Waals surface area contributed by atoms with E-state index in [1.807, 2.05) is 0 Å². The number of allylic oxidation sites excluding steroid dienone is 1. The van der Waals surface area contributed by atoms with Gasteiger partial charge in [-0.25, -0.2) is 0 Å². The van der Waals surface area contributed by atoms with Gasteiger partial charge >= 0.3 is 0 Å². The molecule has 0 fully saturated rings. The van der Waals surface area contributed by atoms with E-state index < -0.39 is 0 Å². The highest BCUT2D eigenvalue weighted by atomic mass is 32.1. The SMILES string of the molecule is C1=CC(=c2ccc(=C(c3ccc(-c4cccs4)cc3)c3ccc(-c4cccs4)cc3)cc2)[S+]=C1. The number of rotatable bonds is 4. The third-order valence-corrected chi connectivity index (χ3v) is 8.69. The van der Waals surface area contributed by atoms with Crippen LogP contribution < -0.4 is 10.4 Å². The smallest absolute Gasteiger partial charge is 0.144 e. The summed E-state index contributed by atoms with van der Waals surface area (Å²) in [6.45, 7) is 0. The molecular weight excluding hydrogens is 469 g/mol. The molecule has 6 rings (SSSR count). The molecule has 3 heteroatoms. The number of benzene rings is 3. The molecule has 3 heterocycles. The molecule has 1 aliphatic rings. The third-order valence-electron chi connectivity index (χ3n) is 5.94. The lowest BCUT2D eigenvalue weighted by molar-refractivity contribution is 1.47. The number of thiophene rings is 2. The molecular formula is C31H21S3+. The minimum Gasteiger partial charge on any atom is -0.144 e. The van der Waals surface area contributed by atoms with E-state index in [1.54, 1.807) is 34.0 Å². The van der Waals surface area contributed by atoms with E-state index in [1.165, 1.54) is 52.9 Å². The molecule has 34 heavy (non-hydrogen) atoms. The van der Waals surface area contributed by atoms with Gasteiger partial charge in [0.25, 0.3) is 0 Å². The van der Waals surface area contributed by atoms with Gasteiger partial charge in [0.1, 0.15) is 0 Å². The Morgan fingerprint density at radius 2 is 1.15 bits per heavy atom. The summed E-state index contributed by atoms with van der Waals surface area (Å²) in [6, 6.07) is 35.5. The molecule has 0 unspecified atom stereocenters. The van der Waals surface area contributed by atoms with Crippen molar-refractivity contribution in [3.63, 3.8) is 0 Å². The standard InChI is InChI=1S/C31H21S3/c1-4-28(32-19-1)22-7-13-25(14-8-22)31(26-15-9-23(10-16-26)29-5-2-20-33-29)27-17-11-24(12-18-27)30-6-3-21-34-30/h1-21H/q+1. The molecule has 162 valence electrons. The van der Waals surface area contributed by atoms with E-state index >= 15 is 0 Å². The Hall–Kier alpha value is -3.37. The zero-order valence-corrected chi connectivity index (χ0v) is 20.8. The molecule has 0 saturated carbocycles. The fourth-order valence-corrected chi connectivity index (χ4v) is 6.43. The largest absolute Gasteiger partial charge is 0.238 e. The molecule has 0 N–H and O–H groups in total. The summed E-state index contributed by atoms with van der Waals surface area (Å²) in [7, 11) is 0. The number of hydrogen-bond acceptors (Lipinski definition) is 2. The lowest BCUT2D eigenvalue weighted by atomic mass is 9.93. The predicted molar refractivity (Wildman–Crippen MR) is 153 cm³/mol.